The molecule has 0 heterocycles. The van der Waals surface area contributed by atoms with Crippen LogP contribution in [0, 0.1) is 10.8 Å². The average Bonchev–Trinajstić information content (AvgIpc) is 2.11. The zero-order valence-corrected chi connectivity index (χ0v) is 9.20. The van der Waals surface area contributed by atoms with Crippen LogP contribution in [0.4, 0.5) is 0 Å². The highest BCUT2D eigenvalue weighted by atomic mass is 16.7. The molecule has 5 heteroatoms. The number of amides is 1. The van der Waals surface area contributed by atoms with Gasteiger partial charge in [-0.15, -0.1) is 0 Å². The molecule has 0 unspecified atom stereocenters. The SMILES string of the molecule is COC(=O)C12CC(C(=O)N(C)OC)(C1)C2. The Morgan fingerprint density at radius 3 is 2.07 bits per heavy atom. The van der Waals surface area contributed by atoms with Crippen LogP contribution in [0.3, 0.4) is 0 Å². The second kappa shape index (κ2) is 2.95. The van der Waals surface area contributed by atoms with E-state index in [2.05, 4.69) is 0 Å². The maximum atomic E-state index is 11.8. The zero-order valence-electron chi connectivity index (χ0n) is 9.20. The first-order chi connectivity index (χ1) is 6.99. The van der Waals surface area contributed by atoms with Crippen LogP contribution in [0.5, 0.6) is 0 Å². The van der Waals surface area contributed by atoms with Crippen LogP contribution >= 0.6 is 0 Å². The van der Waals surface area contributed by atoms with Gasteiger partial charge >= 0.3 is 5.97 Å². The van der Waals surface area contributed by atoms with Gasteiger partial charge in [-0.25, -0.2) is 5.06 Å². The van der Waals surface area contributed by atoms with Gasteiger partial charge in [-0.2, -0.15) is 0 Å². The number of hydroxylamine groups is 2. The van der Waals surface area contributed by atoms with Gasteiger partial charge in [-0.1, -0.05) is 0 Å². The Balaban J connectivity index is 1.98. The van der Waals surface area contributed by atoms with E-state index in [0.717, 1.165) is 0 Å². The van der Waals surface area contributed by atoms with Crippen molar-refractivity contribution >= 4 is 11.9 Å². The van der Waals surface area contributed by atoms with E-state index in [1.165, 1.54) is 19.3 Å². The van der Waals surface area contributed by atoms with E-state index in [-0.39, 0.29) is 22.7 Å². The fourth-order valence-corrected chi connectivity index (χ4v) is 2.86. The highest BCUT2D eigenvalue weighted by Gasteiger charge is 2.76. The second-order valence-electron chi connectivity index (χ2n) is 4.57. The summed E-state index contributed by atoms with van der Waals surface area (Å²) in [5, 5.41) is 1.24. The van der Waals surface area contributed by atoms with Crippen LogP contribution in [0.1, 0.15) is 19.3 Å². The molecule has 3 saturated carbocycles. The molecule has 15 heavy (non-hydrogen) atoms. The molecule has 3 aliphatic carbocycles. The maximum absolute atomic E-state index is 11.8. The Morgan fingerprint density at radius 2 is 1.67 bits per heavy atom. The lowest BCUT2D eigenvalue weighted by molar-refractivity contribution is -0.244. The van der Waals surface area contributed by atoms with Crippen molar-refractivity contribution in [3.63, 3.8) is 0 Å². The van der Waals surface area contributed by atoms with Gasteiger partial charge in [0.25, 0.3) is 5.91 Å². The van der Waals surface area contributed by atoms with E-state index < -0.39 is 0 Å². The Labute approximate surface area is 88.3 Å². The Bertz CT molecular complexity index is 306. The molecule has 84 valence electrons. The molecule has 3 rings (SSSR count). The smallest absolute Gasteiger partial charge is 0.311 e. The summed E-state index contributed by atoms with van der Waals surface area (Å²) in [6.07, 6.45) is 1.83. The summed E-state index contributed by atoms with van der Waals surface area (Å²) in [5.74, 6) is -0.215. The zero-order chi connectivity index (χ0) is 11.3. The van der Waals surface area contributed by atoms with Gasteiger partial charge in [0.1, 0.15) is 0 Å². The number of hydrogen-bond donors (Lipinski definition) is 0. The fraction of sp³-hybridized carbons (Fsp3) is 0.800. The summed E-state index contributed by atoms with van der Waals surface area (Å²) in [7, 11) is 4.44. The third-order valence-electron chi connectivity index (χ3n) is 3.66. The number of hydrogen-bond acceptors (Lipinski definition) is 4. The molecule has 0 saturated heterocycles. The van der Waals surface area contributed by atoms with Gasteiger partial charge < -0.3 is 4.74 Å². The summed E-state index contributed by atoms with van der Waals surface area (Å²) < 4.78 is 4.71. The van der Waals surface area contributed by atoms with E-state index in [1.54, 1.807) is 7.05 Å². The molecule has 0 aliphatic heterocycles. The van der Waals surface area contributed by atoms with Gasteiger partial charge in [0, 0.05) is 7.05 Å². The number of rotatable bonds is 3. The van der Waals surface area contributed by atoms with Gasteiger partial charge in [0.15, 0.2) is 0 Å². The van der Waals surface area contributed by atoms with Crippen molar-refractivity contribution in [2.45, 2.75) is 19.3 Å². The van der Waals surface area contributed by atoms with Crippen molar-refractivity contribution in [2.24, 2.45) is 10.8 Å². The number of methoxy groups -OCH3 is 1. The summed E-state index contributed by atoms with van der Waals surface area (Å²) in [5.41, 5.74) is -0.710. The molecule has 3 fully saturated rings. The Kier molecular flexibility index (Phi) is 2.05. The molecule has 5 nitrogen and oxygen atoms in total. The van der Waals surface area contributed by atoms with Crippen LogP contribution in [0.2, 0.25) is 0 Å². The second-order valence-corrected chi connectivity index (χ2v) is 4.57. The van der Waals surface area contributed by atoms with Gasteiger partial charge in [0.05, 0.1) is 25.0 Å². The predicted octanol–water partition coefficient (Wildman–Crippen LogP) is 0.349. The highest BCUT2D eigenvalue weighted by molar-refractivity contribution is 5.93. The molecule has 1 amide bonds. The summed E-state index contributed by atoms with van der Waals surface area (Å²) in [6.45, 7) is 0. The first kappa shape index (κ1) is 10.4. The topological polar surface area (TPSA) is 55.8 Å². The minimum atomic E-state index is -0.362. The summed E-state index contributed by atoms with van der Waals surface area (Å²) in [6, 6.07) is 0. The Morgan fingerprint density at radius 1 is 1.13 bits per heavy atom. The predicted molar refractivity (Wildman–Crippen MR) is 50.5 cm³/mol. The molecule has 2 bridgehead atoms. The monoisotopic (exact) mass is 213 g/mol. The summed E-state index contributed by atoms with van der Waals surface area (Å²) >= 11 is 0. The van der Waals surface area contributed by atoms with Crippen LogP contribution in [0.25, 0.3) is 0 Å². The van der Waals surface area contributed by atoms with E-state index in [1.807, 2.05) is 0 Å². The summed E-state index contributed by atoms with van der Waals surface area (Å²) in [4.78, 5) is 28.0. The molecular weight excluding hydrogens is 198 g/mol. The van der Waals surface area contributed by atoms with Crippen molar-refractivity contribution in [2.75, 3.05) is 21.3 Å². The first-order valence-electron chi connectivity index (χ1n) is 4.90. The maximum Gasteiger partial charge on any atom is 0.311 e. The van der Waals surface area contributed by atoms with Crippen molar-refractivity contribution in [1.82, 2.24) is 5.06 Å². The molecule has 0 aromatic rings. The lowest BCUT2D eigenvalue weighted by Gasteiger charge is -2.67. The van der Waals surface area contributed by atoms with E-state index in [4.69, 9.17) is 9.57 Å². The molecule has 0 aromatic carbocycles. The number of nitrogens with zero attached hydrogens (tertiary/aromatic N) is 1. The van der Waals surface area contributed by atoms with Crippen molar-refractivity contribution in [3.05, 3.63) is 0 Å². The molecule has 0 N–H and O–H groups in total. The normalized spacial score (nSPS) is 36.2. The van der Waals surface area contributed by atoms with Gasteiger partial charge in [0.2, 0.25) is 0 Å². The van der Waals surface area contributed by atoms with E-state index >= 15 is 0 Å². The lowest BCUT2D eigenvalue weighted by atomic mass is 9.35. The standard InChI is InChI=1S/C10H15NO4/c1-11(15-3)7(12)9-4-10(5-9,6-9)8(13)14-2/h4-6H2,1-3H3. The van der Waals surface area contributed by atoms with Crippen LogP contribution in [-0.2, 0) is 19.2 Å². The van der Waals surface area contributed by atoms with Gasteiger partial charge in [-0.3, -0.25) is 14.4 Å². The fourth-order valence-electron chi connectivity index (χ4n) is 2.86. The minimum absolute atomic E-state index is 0.0317. The molecular formula is C10H15NO4. The highest BCUT2D eigenvalue weighted by Crippen LogP contribution is 2.74. The number of esters is 1. The average molecular weight is 213 g/mol. The van der Waals surface area contributed by atoms with E-state index in [9.17, 15) is 9.59 Å². The first-order valence-corrected chi connectivity index (χ1v) is 4.90. The van der Waals surface area contributed by atoms with Crippen LogP contribution in [0.15, 0.2) is 0 Å². The minimum Gasteiger partial charge on any atom is -0.469 e. The van der Waals surface area contributed by atoms with Crippen LogP contribution < -0.4 is 0 Å². The van der Waals surface area contributed by atoms with Crippen molar-refractivity contribution < 1.29 is 19.2 Å². The largest absolute Gasteiger partial charge is 0.469 e. The molecule has 0 spiro atoms. The Hall–Kier alpha value is -1.10. The lowest BCUT2D eigenvalue weighted by Crippen LogP contribution is -2.70. The number of ether oxygens (including phenoxy) is 1. The third-order valence-corrected chi connectivity index (χ3v) is 3.66. The molecule has 0 atom stereocenters. The number of carbonyl (C=O) groups is 2. The van der Waals surface area contributed by atoms with E-state index in [0.29, 0.717) is 19.3 Å². The molecule has 3 aliphatic rings. The third kappa shape index (κ3) is 1.13. The molecule has 0 radical (unpaired) electrons. The van der Waals surface area contributed by atoms with Crippen molar-refractivity contribution in [3.8, 4) is 0 Å². The number of carbonyl (C=O) groups excluding carboxylic acids is 2. The van der Waals surface area contributed by atoms with Crippen LogP contribution in [-0.4, -0.2) is 38.2 Å². The molecule has 0 aromatic heterocycles. The van der Waals surface area contributed by atoms with Crippen molar-refractivity contribution in [1.29, 1.82) is 0 Å². The quantitative estimate of drug-likeness (QED) is 0.501. The van der Waals surface area contributed by atoms with Gasteiger partial charge in [-0.05, 0) is 19.3 Å².